The van der Waals surface area contributed by atoms with Crippen LogP contribution >= 0.6 is 23.2 Å². The molecule has 4 atom stereocenters. The van der Waals surface area contributed by atoms with Crippen LogP contribution in [-0.4, -0.2) is 11.8 Å². The number of hydrogen-bond donors (Lipinski definition) is 0. The van der Waals surface area contributed by atoms with Gasteiger partial charge in [-0.2, -0.15) is 0 Å². The normalized spacial score (nSPS) is 24.5. The van der Waals surface area contributed by atoms with Crippen molar-refractivity contribution in [2.24, 2.45) is 23.7 Å². The number of anilines is 1. The van der Waals surface area contributed by atoms with E-state index in [2.05, 4.69) is 74.5 Å². The van der Waals surface area contributed by atoms with Crippen LogP contribution in [0.4, 0.5) is 5.69 Å². The minimum Gasteiger partial charge on any atom is -0.274 e. The molecular formula is C30H23Cl2NO2. The van der Waals surface area contributed by atoms with Crippen molar-refractivity contribution in [2.75, 3.05) is 4.90 Å². The predicted octanol–water partition coefficient (Wildman–Crippen LogP) is 7.03. The first-order valence-corrected chi connectivity index (χ1v) is 12.5. The van der Waals surface area contributed by atoms with Gasteiger partial charge in [0.05, 0.1) is 22.5 Å². The average Bonchev–Trinajstić information content (AvgIpc) is 3.46. The van der Waals surface area contributed by atoms with Crippen molar-refractivity contribution >= 4 is 46.3 Å². The van der Waals surface area contributed by atoms with Gasteiger partial charge < -0.3 is 0 Å². The number of halogens is 2. The van der Waals surface area contributed by atoms with Crippen molar-refractivity contribution in [3.63, 3.8) is 0 Å². The Hall–Kier alpha value is -3.14. The van der Waals surface area contributed by atoms with Gasteiger partial charge in [-0.3, -0.25) is 9.59 Å². The van der Waals surface area contributed by atoms with Gasteiger partial charge in [0.25, 0.3) is 0 Å². The maximum absolute atomic E-state index is 13.7. The summed E-state index contributed by atoms with van der Waals surface area (Å²) in [6, 6.07) is 21.8. The third kappa shape index (κ3) is 3.41. The molecule has 1 saturated heterocycles. The molecule has 1 aliphatic heterocycles. The summed E-state index contributed by atoms with van der Waals surface area (Å²) in [7, 11) is 0. The summed E-state index contributed by atoms with van der Waals surface area (Å²) in [6.07, 6.45) is 4.23. The van der Waals surface area contributed by atoms with E-state index in [1.54, 1.807) is 18.2 Å². The van der Waals surface area contributed by atoms with Crippen LogP contribution in [0.3, 0.4) is 0 Å². The number of amides is 2. The highest BCUT2D eigenvalue weighted by Crippen LogP contribution is 2.59. The van der Waals surface area contributed by atoms with Gasteiger partial charge in [0.1, 0.15) is 0 Å². The fraction of sp³-hybridized carbons (Fsp3) is 0.200. The molecule has 3 aliphatic rings. The SMILES string of the molecule is Cc1ccc(C(=C2[C@H]3C=C[C@H]2[C@H]2C(=O)N(c4ccc(Cl)cc4Cl)C(=O)[C@H]23)c2ccc(C)cc2)cc1. The van der Waals surface area contributed by atoms with Gasteiger partial charge in [-0.25, -0.2) is 4.90 Å². The number of fused-ring (bicyclic) bond motifs is 5. The molecule has 0 radical (unpaired) electrons. The second-order valence-electron chi connectivity index (χ2n) is 9.66. The van der Waals surface area contributed by atoms with Crippen LogP contribution in [0.5, 0.6) is 0 Å². The molecule has 6 rings (SSSR count). The van der Waals surface area contributed by atoms with Gasteiger partial charge in [0, 0.05) is 16.9 Å². The molecule has 3 aromatic carbocycles. The van der Waals surface area contributed by atoms with Crippen LogP contribution in [0.25, 0.3) is 5.57 Å². The Kier molecular flexibility index (Phi) is 5.24. The van der Waals surface area contributed by atoms with Crippen molar-refractivity contribution < 1.29 is 9.59 Å². The van der Waals surface area contributed by atoms with E-state index in [0.29, 0.717) is 15.7 Å². The zero-order chi connectivity index (χ0) is 24.4. The number of aryl methyl sites for hydroxylation is 2. The molecule has 2 fully saturated rings. The number of hydrogen-bond acceptors (Lipinski definition) is 2. The molecular weight excluding hydrogens is 477 g/mol. The molecule has 35 heavy (non-hydrogen) atoms. The molecule has 1 saturated carbocycles. The summed E-state index contributed by atoms with van der Waals surface area (Å²) in [5.74, 6) is -1.49. The highest BCUT2D eigenvalue weighted by molar-refractivity contribution is 6.38. The van der Waals surface area contributed by atoms with Gasteiger partial charge in [0.2, 0.25) is 11.8 Å². The second kappa shape index (κ2) is 8.22. The van der Waals surface area contributed by atoms with E-state index in [9.17, 15) is 9.59 Å². The first-order valence-electron chi connectivity index (χ1n) is 11.7. The van der Waals surface area contributed by atoms with Crippen LogP contribution in [0, 0.1) is 37.5 Å². The van der Waals surface area contributed by atoms with Crippen LogP contribution in [0.2, 0.25) is 10.0 Å². The molecule has 3 aromatic rings. The highest BCUT2D eigenvalue weighted by Gasteiger charge is 2.62. The van der Waals surface area contributed by atoms with Crippen molar-refractivity contribution in [3.05, 3.63) is 117 Å². The van der Waals surface area contributed by atoms with Crippen molar-refractivity contribution in [3.8, 4) is 0 Å². The molecule has 0 N–H and O–H groups in total. The van der Waals surface area contributed by atoms with E-state index in [1.807, 2.05) is 0 Å². The average molecular weight is 500 g/mol. The Morgan fingerprint density at radius 3 is 1.66 bits per heavy atom. The quantitative estimate of drug-likeness (QED) is 0.286. The lowest BCUT2D eigenvalue weighted by atomic mass is 9.85. The number of nitrogens with zero attached hydrogens (tertiary/aromatic N) is 1. The monoisotopic (exact) mass is 499 g/mol. The van der Waals surface area contributed by atoms with Gasteiger partial charge in [-0.05, 0) is 54.3 Å². The van der Waals surface area contributed by atoms with E-state index < -0.39 is 11.8 Å². The number of benzene rings is 3. The number of carbonyl (C=O) groups is 2. The highest BCUT2D eigenvalue weighted by atomic mass is 35.5. The molecule has 2 amide bonds. The standard InChI is InChI=1S/C30H23Cl2NO2/c1-16-3-7-18(8-4-16)25(19-9-5-17(2)6-10-19)26-21-12-13-22(26)28-27(21)29(34)33(30(28)35)24-14-11-20(31)15-23(24)32/h3-15,21-22,27-28H,1-2H3/t21-,22-,27-,28+/m1/s1. The molecule has 1 heterocycles. The summed E-state index contributed by atoms with van der Waals surface area (Å²) in [5, 5.41) is 0.765. The summed E-state index contributed by atoms with van der Waals surface area (Å²) < 4.78 is 0. The topological polar surface area (TPSA) is 37.4 Å². The van der Waals surface area contributed by atoms with Crippen LogP contribution in [0.1, 0.15) is 22.3 Å². The third-order valence-electron chi connectivity index (χ3n) is 7.54. The van der Waals surface area contributed by atoms with Gasteiger partial charge >= 0.3 is 0 Å². The molecule has 2 bridgehead atoms. The van der Waals surface area contributed by atoms with E-state index in [1.165, 1.54) is 16.0 Å². The molecule has 0 unspecified atom stereocenters. The maximum Gasteiger partial charge on any atom is 0.238 e. The van der Waals surface area contributed by atoms with E-state index in [0.717, 1.165) is 22.3 Å². The third-order valence-corrected chi connectivity index (χ3v) is 8.07. The lowest BCUT2D eigenvalue weighted by Gasteiger charge is -2.22. The lowest BCUT2D eigenvalue weighted by Crippen LogP contribution is -2.33. The number of carbonyl (C=O) groups excluding carboxylic acids is 2. The number of rotatable bonds is 3. The van der Waals surface area contributed by atoms with Crippen molar-refractivity contribution in [1.29, 1.82) is 0 Å². The summed E-state index contributed by atoms with van der Waals surface area (Å²) in [4.78, 5) is 28.7. The van der Waals surface area contributed by atoms with Gasteiger partial charge in [0.15, 0.2) is 0 Å². The Morgan fingerprint density at radius 1 is 0.714 bits per heavy atom. The number of allylic oxidation sites excluding steroid dienone is 3. The Bertz CT molecular complexity index is 1350. The summed E-state index contributed by atoms with van der Waals surface area (Å²) >= 11 is 12.4. The second-order valence-corrected chi connectivity index (χ2v) is 10.5. The minimum absolute atomic E-state index is 0.130. The lowest BCUT2D eigenvalue weighted by molar-refractivity contribution is -0.122. The summed E-state index contributed by atoms with van der Waals surface area (Å²) in [6.45, 7) is 4.14. The molecule has 0 aromatic heterocycles. The van der Waals surface area contributed by atoms with Gasteiger partial charge in [-0.15, -0.1) is 0 Å². The number of imide groups is 1. The zero-order valence-electron chi connectivity index (χ0n) is 19.3. The molecule has 2 aliphatic carbocycles. The van der Waals surface area contributed by atoms with Crippen molar-refractivity contribution in [1.82, 2.24) is 0 Å². The predicted molar refractivity (Wildman–Crippen MR) is 140 cm³/mol. The van der Waals surface area contributed by atoms with Crippen molar-refractivity contribution in [2.45, 2.75) is 13.8 Å². The Morgan fingerprint density at radius 2 is 1.20 bits per heavy atom. The van der Waals surface area contributed by atoms with Crippen LogP contribution in [0.15, 0.2) is 84.5 Å². The zero-order valence-corrected chi connectivity index (χ0v) is 20.8. The van der Waals surface area contributed by atoms with E-state index >= 15 is 0 Å². The van der Waals surface area contributed by atoms with E-state index in [-0.39, 0.29) is 23.7 Å². The molecule has 0 spiro atoms. The Labute approximate surface area is 214 Å². The molecule has 174 valence electrons. The fourth-order valence-corrected chi connectivity index (χ4v) is 6.43. The molecule has 5 heteroatoms. The molecule has 3 nitrogen and oxygen atoms in total. The first kappa shape index (κ1) is 22.3. The first-order chi connectivity index (χ1) is 16.8. The largest absolute Gasteiger partial charge is 0.274 e. The van der Waals surface area contributed by atoms with Gasteiger partial charge in [-0.1, -0.05) is 95.0 Å². The maximum atomic E-state index is 13.7. The smallest absolute Gasteiger partial charge is 0.238 e. The summed E-state index contributed by atoms with van der Waals surface area (Å²) in [5.41, 5.74) is 7.27. The van der Waals surface area contributed by atoms with Crippen LogP contribution < -0.4 is 4.90 Å². The van der Waals surface area contributed by atoms with E-state index in [4.69, 9.17) is 23.2 Å². The Balaban J connectivity index is 1.49. The van der Waals surface area contributed by atoms with Crippen LogP contribution in [-0.2, 0) is 9.59 Å². The fourth-order valence-electron chi connectivity index (χ4n) is 5.94. The minimum atomic E-state index is -0.426.